The molecule has 3 aromatic heterocycles. The van der Waals surface area contributed by atoms with Gasteiger partial charge in [-0.15, -0.1) is 11.3 Å². The minimum Gasteiger partial charge on any atom is -0.306 e. The largest absolute Gasteiger partial charge is 0.306 e. The number of aromatic nitrogens is 2. The number of pyridine rings is 2. The standard InChI is InChI=1S/C16H17N3S/c1-3-18-16(12-6-11(2)8-17-9-12)13-7-15-14(19-10-13)4-5-20-15/h4-10,16,18H,3H2,1-2H3. The molecule has 1 N–H and O–H groups in total. The molecule has 3 aromatic rings. The van der Waals surface area contributed by atoms with Gasteiger partial charge in [-0.25, -0.2) is 0 Å². The molecule has 1 atom stereocenters. The molecule has 0 amide bonds. The molecule has 0 aliphatic carbocycles. The van der Waals surface area contributed by atoms with Crippen molar-refractivity contribution in [1.29, 1.82) is 0 Å². The Balaban J connectivity index is 2.05. The highest BCUT2D eigenvalue weighted by Gasteiger charge is 2.14. The van der Waals surface area contributed by atoms with E-state index in [0.29, 0.717) is 0 Å². The van der Waals surface area contributed by atoms with Crippen LogP contribution in [0.25, 0.3) is 10.2 Å². The van der Waals surface area contributed by atoms with Gasteiger partial charge in [0.1, 0.15) is 0 Å². The fourth-order valence-electron chi connectivity index (χ4n) is 2.39. The number of nitrogens with zero attached hydrogens (tertiary/aromatic N) is 2. The maximum absolute atomic E-state index is 4.54. The van der Waals surface area contributed by atoms with Gasteiger partial charge in [-0.2, -0.15) is 0 Å². The normalized spacial score (nSPS) is 12.7. The van der Waals surface area contributed by atoms with Crippen molar-refractivity contribution in [2.45, 2.75) is 19.9 Å². The van der Waals surface area contributed by atoms with Gasteiger partial charge in [-0.05, 0) is 47.7 Å². The molecule has 0 fully saturated rings. The minimum atomic E-state index is 0.145. The average molecular weight is 283 g/mol. The number of fused-ring (bicyclic) bond motifs is 1. The molecular formula is C16H17N3S. The lowest BCUT2D eigenvalue weighted by atomic mass is 10.0. The molecule has 0 spiro atoms. The Labute approximate surface area is 122 Å². The highest BCUT2D eigenvalue weighted by molar-refractivity contribution is 7.17. The zero-order chi connectivity index (χ0) is 13.9. The van der Waals surface area contributed by atoms with Crippen molar-refractivity contribution in [1.82, 2.24) is 15.3 Å². The van der Waals surface area contributed by atoms with Gasteiger partial charge in [-0.1, -0.05) is 13.0 Å². The first-order chi connectivity index (χ1) is 9.78. The third-order valence-electron chi connectivity index (χ3n) is 3.29. The summed E-state index contributed by atoms with van der Waals surface area (Å²) in [5.74, 6) is 0. The zero-order valence-electron chi connectivity index (χ0n) is 11.6. The van der Waals surface area contributed by atoms with E-state index in [4.69, 9.17) is 0 Å². The number of hydrogen-bond donors (Lipinski definition) is 1. The van der Waals surface area contributed by atoms with E-state index < -0.39 is 0 Å². The van der Waals surface area contributed by atoms with Crippen LogP contribution < -0.4 is 5.32 Å². The molecule has 0 aromatic carbocycles. The van der Waals surface area contributed by atoms with Gasteiger partial charge in [0.2, 0.25) is 0 Å². The molecule has 3 heterocycles. The van der Waals surface area contributed by atoms with E-state index in [0.717, 1.165) is 12.1 Å². The van der Waals surface area contributed by atoms with Crippen LogP contribution in [0.4, 0.5) is 0 Å². The SMILES string of the molecule is CCNC(c1cncc(C)c1)c1cnc2ccsc2c1. The number of aryl methyl sites for hydroxylation is 1. The molecule has 3 rings (SSSR count). The molecule has 20 heavy (non-hydrogen) atoms. The molecule has 0 bridgehead atoms. The Morgan fingerprint density at radius 2 is 2.05 bits per heavy atom. The summed E-state index contributed by atoms with van der Waals surface area (Å²) in [5.41, 5.74) is 4.62. The molecule has 4 heteroatoms. The second kappa shape index (κ2) is 5.69. The summed E-state index contributed by atoms with van der Waals surface area (Å²) >= 11 is 1.73. The van der Waals surface area contributed by atoms with Crippen LogP contribution in [0.5, 0.6) is 0 Å². The molecule has 0 aliphatic rings. The maximum Gasteiger partial charge on any atom is 0.0809 e. The third kappa shape index (κ3) is 2.57. The highest BCUT2D eigenvalue weighted by atomic mass is 32.1. The van der Waals surface area contributed by atoms with Gasteiger partial charge in [0.15, 0.2) is 0 Å². The van der Waals surface area contributed by atoms with Gasteiger partial charge in [-0.3, -0.25) is 9.97 Å². The number of nitrogens with one attached hydrogen (secondary N) is 1. The summed E-state index contributed by atoms with van der Waals surface area (Å²) in [7, 11) is 0. The Morgan fingerprint density at radius 1 is 1.20 bits per heavy atom. The summed E-state index contributed by atoms with van der Waals surface area (Å²) < 4.78 is 1.23. The first-order valence-electron chi connectivity index (χ1n) is 6.76. The van der Waals surface area contributed by atoms with Crippen molar-refractivity contribution in [3.63, 3.8) is 0 Å². The average Bonchev–Trinajstić information content (AvgIpc) is 2.92. The molecule has 0 saturated heterocycles. The van der Waals surface area contributed by atoms with Gasteiger partial charge >= 0.3 is 0 Å². The number of rotatable bonds is 4. The quantitative estimate of drug-likeness (QED) is 0.793. The molecular weight excluding hydrogens is 266 g/mol. The third-order valence-corrected chi connectivity index (χ3v) is 4.15. The summed E-state index contributed by atoms with van der Waals surface area (Å²) in [6.45, 7) is 5.09. The molecule has 3 nitrogen and oxygen atoms in total. The van der Waals surface area contributed by atoms with Gasteiger partial charge in [0, 0.05) is 18.6 Å². The van der Waals surface area contributed by atoms with Crippen molar-refractivity contribution in [3.8, 4) is 0 Å². The van der Waals surface area contributed by atoms with Crippen LogP contribution in [-0.4, -0.2) is 16.5 Å². The first kappa shape index (κ1) is 13.2. The number of hydrogen-bond acceptors (Lipinski definition) is 4. The van der Waals surface area contributed by atoms with Crippen molar-refractivity contribution < 1.29 is 0 Å². The van der Waals surface area contributed by atoms with E-state index in [2.05, 4.69) is 52.7 Å². The van der Waals surface area contributed by atoms with Gasteiger partial charge in [0.25, 0.3) is 0 Å². The van der Waals surface area contributed by atoms with E-state index in [1.165, 1.54) is 21.4 Å². The molecule has 0 aliphatic heterocycles. The summed E-state index contributed by atoms with van der Waals surface area (Å²) in [5, 5.41) is 5.61. The van der Waals surface area contributed by atoms with Crippen LogP contribution >= 0.6 is 11.3 Å². The van der Waals surface area contributed by atoms with E-state index in [1.807, 2.05) is 18.6 Å². The number of thiophene rings is 1. The Bertz CT molecular complexity index is 720. The maximum atomic E-state index is 4.54. The van der Waals surface area contributed by atoms with E-state index in [1.54, 1.807) is 11.3 Å². The lowest BCUT2D eigenvalue weighted by molar-refractivity contribution is 0.627. The van der Waals surface area contributed by atoms with Crippen molar-refractivity contribution >= 4 is 21.6 Å². The van der Waals surface area contributed by atoms with Crippen LogP contribution in [0.2, 0.25) is 0 Å². The van der Waals surface area contributed by atoms with Crippen LogP contribution in [0.15, 0.2) is 42.2 Å². The van der Waals surface area contributed by atoms with Crippen LogP contribution in [0.1, 0.15) is 29.7 Å². The molecule has 102 valence electrons. The van der Waals surface area contributed by atoms with E-state index >= 15 is 0 Å². The van der Waals surface area contributed by atoms with E-state index in [-0.39, 0.29) is 6.04 Å². The lowest BCUT2D eigenvalue weighted by Gasteiger charge is -2.18. The predicted octanol–water partition coefficient (Wildman–Crippen LogP) is 3.70. The van der Waals surface area contributed by atoms with E-state index in [9.17, 15) is 0 Å². The van der Waals surface area contributed by atoms with Crippen LogP contribution in [-0.2, 0) is 0 Å². The van der Waals surface area contributed by atoms with Crippen molar-refractivity contribution in [2.75, 3.05) is 6.54 Å². The monoisotopic (exact) mass is 283 g/mol. The topological polar surface area (TPSA) is 37.8 Å². The predicted molar refractivity (Wildman–Crippen MR) is 84.1 cm³/mol. The Kier molecular flexibility index (Phi) is 3.76. The van der Waals surface area contributed by atoms with Crippen LogP contribution in [0.3, 0.4) is 0 Å². The zero-order valence-corrected chi connectivity index (χ0v) is 12.4. The fourth-order valence-corrected chi connectivity index (χ4v) is 3.18. The first-order valence-corrected chi connectivity index (χ1v) is 7.64. The summed E-state index contributed by atoms with van der Waals surface area (Å²) in [6, 6.07) is 6.60. The van der Waals surface area contributed by atoms with Gasteiger partial charge < -0.3 is 5.32 Å². The lowest BCUT2D eigenvalue weighted by Crippen LogP contribution is -2.22. The fraction of sp³-hybridized carbons (Fsp3) is 0.250. The second-order valence-corrected chi connectivity index (χ2v) is 5.81. The molecule has 0 saturated carbocycles. The summed E-state index contributed by atoms with van der Waals surface area (Å²) in [4.78, 5) is 8.85. The molecule has 0 radical (unpaired) electrons. The Morgan fingerprint density at radius 3 is 2.85 bits per heavy atom. The van der Waals surface area contributed by atoms with Crippen LogP contribution in [0, 0.1) is 6.92 Å². The second-order valence-electron chi connectivity index (χ2n) is 4.86. The smallest absolute Gasteiger partial charge is 0.0809 e. The molecule has 1 unspecified atom stereocenters. The Hall–Kier alpha value is -1.78. The highest BCUT2D eigenvalue weighted by Crippen LogP contribution is 2.26. The van der Waals surface area contributed by atoms with Crippen molar-refractivity contribution in [2.24, 2.45) is 0 Å². The van der Waals surface area contributed by atoms with Gasteiger partial charge in [0.05, 0.1) is 16.3 Å². The van der Waals surface area contributed by atoms with Crippen molar-refractivity contribution in [3.05, 3.63) is 58.9 Å². The minimum absolute atomic E-state index is 0.145. The summed E-state index contributed by atoms with van der Waals surface area (Å²) in [6.07, 6.45) is 5.77.